The van der Waals surface area contributed by atoms with Crippen molar-refractivity contribution in [3.05, 3.63) is 68.6 Å². The smallest absolute Gasteiger partial charge is 0.255 e. The predicted octanol–water partition coefficient (Wildman–Crippen LogP) is 4.19. The van der Waals surface area contributed by atoms with Crippen molar-refractivity contribution < 1.29 is 4.39 Å². The maximum atomic E-state index is 14.6. The van der Waals surface area contributed by atoms with Crippen LogP contribution in [0.25, 0.3) is 22.5 Å². The van der Waals surface area contributed by atoms with E-state index in [4.69, 9.17) is 0 Å². The minimum atomic E-state index is -0.377. The van der Waals surface area contributed by atoms with E-state index in [9.17, 15) is 9.18 Å². The van der Waals surface area contributed by atoms with Crippen LogP contribution < -0.4 is 5.56 Å². The Morgan fingerprint density at radius 1 is 1.20 bits per heavy atom. The number of rotatable bonds is 2. The summed E-state index contributed by atoms with van der Waals surface area (Å²) in [5.74, 6) is 1.67. The van der Waals surface area contributed by atoms with Crippen LogP contribution in [0.3, 0.4) is 0 Å². The van der Waals surface area contributed by atoms with E-state index in [1.54, 1.807) is 42.2 Å². The standard InChI is InChI=1S/C18H13BrFN3OS/c19-16-4-2-11(8-21-16)12-3-1-10(7-14(12)20)17-22-15-5-6-25-9-13(15)18(24)23-17/h1-4,7-8H,5-6,9H2,(H,22,23,24). The lowest BCUT2D eigenvalue weighted by atomic mass is 10.0. The molecule has 0 spiro atoms. The van der Waals surface area contributed by atoms with Gasteiger partial charge in [-0.15, -0.1) is 0 Å². The Bertz CT molecular complexity index is 1000. The number of pyridine rings is 1. The zero-order chi connectivity index (χ0) is 17.4. The van der Waals surface area contributed by atoms with Gasteiger partial charge < -0.3 is 4.98 Å². The van der Waals surface area contributed by atoms with Gasteiger partial charge in [-0.05, 0) is 40.2 Å². The summed E-state index contributed by atoms with van der Waals surface area (Å²) < 4.78 is 15.3. The van der Waals surface area contributed by atoms with Crippen LogP contribution in [-0.2, 0) is 12.2 Å². The molecule has 25 heavy (non-hydrogen) atoms. The number of thioether (sulfide) groups is 1. The van der Waals surface area contributed by atoms with Crippen molar-refractivity contribution in [3.63, 3.8) is 0 Å². The highest BCUT2D eigenvalue weighted by atomic mass is 79.9. The van der Waals surface area contributed by atoms with Gasteiger partial charge in [-0.25, -0.2) is 14.4 Å². The molecule has 4 nitrogen and oxygen atoms in total. The van der Waals surface area contributed by atoms with Crippen molar-refractivity contribution >= 4 is 27.7 Å². The summed E-state index contributed by atoms with van der Waals surface area (Å²) in [6.45, 7) is 0. The summed E-state index contributed by atoms with van der Waals surface area (Å²) in [7, 11) is 0. The van der Waals surface area contributed by atoms with Gasteiger partial charge >= 0.3 is 0 Å². The summed E-state index contributed by atoms with van der Waals surface area (Å²) in [4.78, 5) is 23.7. The van der Waals surface area contributed by atoms with Crippen LogP contribution in [0.4, 0.5) is 4.39 Å². The van der Waals surface area contributed by atoms with Crippen molar-refractivity contribution in [3.8, 4) is 22.5 Å². The molecule has 0 bridgehead atoms. The lowest BCUT2D eigenvalue weighted by Crippen LogP contribution is -2.21. The van der Waals surface area contributed by atoms with E-state index in [1.807, 2.05) is 0 Å². The quantitative estimate of drug-likeness (QED) is 0.635. The van der Waals surface area contributed by atoms with Gasteiger partial charge in [-0.3, -0.25) is 4.79 Å². The molecule has 0 fully saturated rings. The summed E-state index contributed by atoms with van der Waals surface area (Å²) in [5, 5.41) is 0. The highest BCUT2D eigenvalue weighted by Crippen LogP contribution is 2.28. The van der Waals surface area contributed by atoms with Gasteiger partial charge in [-0.1, -0.05) is 18.2 Å². The minimum absolute atomic E-state index is 0.131. The normalized spacial score (nSPS) is 13.5. The van der Waals surface area contributed by atoms with Crippen molar-refractivity contribution in [2.45, 2.75) is 12.2 Å². The number of aromatic amines is 1. The molecule has 0 radical (unpaired) electrons. The minimum Gasteiger partial charge on any atom is -0.306 e. The molecule has 0 atom stereocenters. The molecule has 0 saturated carbocycles. The molecule has 1 aliphatic heterocycles. The van der Waals surface area contributed by atoms with Gasteiger partial charge in [0.1, 0.15) is 16.2 Å². The Kier molecular flexibility index (Phi) is 4.43. The fourth-order valence-electron chi connectivity index (χ4n) is 2.81. The molecule has 4 rings (SSSR count). The maximum Gasteiger partial charge on any atom is 0.255 e. The van der Waals surface area contributed by atoms with Gasteiger partial charge in [0.15, 0.2) is 0 Å². The first-order valence-corrected chi connectivity index (χ1v) is 9.68. The van der Waals surface area contributed by atoms with Crippen molar-refractivity contribution in [1.29, 1.82) is 0 Å². The molecular formula is C18H13BrFN3OS. The second kappa shape index (κ2) is 6.72. The average Bonchev–Trinajstić information content (AvgIpc) is 2.62. The molecule has 0 aliphatic carbocycles. The summed E-state index contributed by atoms with van der Waals surface area (Å²) >= 11 is 4.99. The number of hydrogen-bond donors (Lipinski definition) is 1. The van der Waals surface area contributed by atoms with E-state index >= 15 is 0 Å². The Morgan fingerprint density at radius 2 is 2.04 bits per heavy atom. The first-order chi connectivity index (χ1) is 12.1. The third kappa shape index (κ3) is 3.26. The summed E-state index contributed by atoms with van der Waals surface area (Å²) in [5.41, 5.74) is 3.13. The van der Waals surface area contributed by atoms with E-state index < -0.39 is 0 Å². The zero-order valence-corrected chi connectivity index (χ0v) is 15.5. The molecule has 3 heterocycles. The Balaban J connectivity index is 1.75. The van der Waals surface area contributed by atoms with Gasteiger partial charge in [0.2, 0.25) is 0 Å². The van der Waals surface area contributed by atoms with Crippen LogP contribution in [-0.4, -0.2) is 20.7 Å². The van der Waals surface area contributed by atoms with Crippen LogP contribution in [0.5, 0.6) is 0 Å². The Labute approximate surface area is 156 Å². The molecular weight excluding hydrogens is 405 g/mol. The second-order valence-corrected chi connectivity index (χ2v) is 7.62. The van der Waals surface area contributed by atoms with Crippen LogP contribution in [0.15, 0.2) is 45.9 Å². The molecule has 126 valence electrons. The highest BCUT2D eigenvalue weighted by molar-refractivity contribution is 9.10. The number of fused-ring (bicyclic) bond motifs is 1. The van der Waals surface area contributed by atoms with Crippen LogP contribution in [0.1, 0.15) is 11.3 Å². The first-order valence-electron chi connectivity index (χ1n) is 7.73. The monoisotopic (exact) mass is 417 g/mol. The number of halogens is 2. The number of nitrogens with zero attached hydrogens (tertiary/aromatic N) is 2. The molecule has 7 heteroatoms. The molecule has 3 aromatic rings. The second-order valence-electron chi connectivity index (χ2n) is 5.71. The zero-order valence-electron chi connectivity index (χ0n) is 13.1. The molecule has 1 aromatic carbocycles. The van der Waals surface area contributed by atoms with E-state index in [1.165, 1.54) is 6.07 Å². The highest BCUT2D eigenvalue weighted by Gasteiger charge is 2.17. The number of hydrogen-bond acceptors (Lipinski definition) is 4. The average molecular weight is 418 g/mol. The predicted molar refractivity (Wildman–Crippen MR) is 101 cm³/mol. The summed E-state index contributed by atoms with van der Waals surface area (Å²) in [6.07, 6.45) is 2.38. The molecule has 0 unspecified atom stereocenters. The Morgan fingerprint density at radius 3 is 2.80 bits per heavy atom. The molecule has 0 amide bonds. The number of aromatic nitrogens is 3. The van der Waals surface area contributed by atoms with Gasteiger partial charge in [0.05, 0.1) is 5.69 Å². The van der Waals surface area contributed by atoms with E-state index in [0.29, 0.717) is 32.9 Å². The fourth-order valence-corrected chi connectivity index (χ4v) is 4.03. The van der Waals surface area contributed by atoms with Gasteiger partial charge in [0, 0.05) is 34.2 Å². The van der Waals surface area contributed by atoms with Crippen molar-refractivity contribution in [2.75, 3.05) is 5.75 Å². The van der Waals surface area contributed by atoms with E-state index in [2.05, 4.69) is 30.9 Å². The van der Waals surface area contributed by atoms with Gasteiger partial charge in [-0.2, -0.15) is 11.8 Å². The largest absolute Gasteiger partial charge is 0.306 e. The van der Waals surface area contributed by atoms with Crippen LogP contribution in [0.2, 0.25) is 0 Å². The third-order valence-electron chi connectivity index (χ3n) is 4.11. The van der Waals surface area contributed by atoms with Crippen molar-refractivity contribution in [1.82, 2.24) is 15.0 Å². The van der Waals surface area contributed by atoms with Gasteiger partial charge in [0.25, 0.3) is 5.56 Å². The SMILES string of the molecule is O=c1[nH]c(-c2ccc(-c3ccc(Br)nc3)c(F)c2)nc2c1CSCC2. The Hall–Kier alpha value is -1.99. The van der Waals surface area contributed by atoms with Crippen LogP contribution in [0, 0.1) is 5.82 Å². The lowest BCUT2D eigenvalue weighted by molar-refractivity contribution is 0.631. The first kappa shape index (κ1) is 16.5. The maximum absolute atomic E-state index is 14.6. The third-order valence-corrected chi connectivity index (χ3v) is 5.57. The topological polar surface area (TPSA) is 58.6 Å². The summed E-state index contributed by atoms with van der Waals surface area (Å²) in [6, 6.07) is 8.42. The number of H-pyrrole nitrogens is 1. The molecule has 2 aromatic heterocycles. The number of nitrogens with one attached hydrogen (secondary N) is 1. The number of aryl methyl sites for hydroxylation is 1. The number of benzene rings is 1. The van der Waals surface area contributed by atoms with E-state index in [-0.39, 0.29) is 11.4 Å². The lowest BCUT2D eigenvalue weighted by Gasteiger charge is -2.14. The van der Waals surface area contributed by atoms with Crippen molar-refractivity contribution in [2.24, 2.45) is 0 Å². The van der Waals surface area contributed by atoms with Crippen LogP contribution >= 0.6 is 27.7 Å². The molecule has 0 saturated heterocycles. The van der Waals surface area contributed by atoms with E-state index in [0.717, 1.165) is 23.4 Å². The molecule has 1 aliphatic rings. The molecule has 1 N–H and O–H groups in total. The fraction of sp³-hybridized carbons (Fsp3) is 0.167.